The minimum atomic E-state index is -6.09. The summed E-state index contributed by atoms with van der Waals surface area (Å²) in [7, 11) is -3.43. The van der Waals surface area contributed by atoms with Crippen LogP contribution in [-0.4, -0.2) is 69.6 Å². The summed E-state index contributed by atoms with van der Waals surface area (Å²) in [5, 5.41) is 8.34. The van der Waals surface area contributed by atoms with Gasteiger partial charge in [-0.25, -0.2) is 8.42 Å². The number of anilines is 1. The van der Waals surface area contributed by atoms with Crippen LogP contribution in [0.25, 0.3) is 0 Å². The minimum absolute atomic E-state index is 0.643. The van der Waals surface area contributed by atoms with Crippen LogP contribution < -0.4 is 5.73 Å². The summed E-state index contributed by atoms with van der Waals surface area (Å²) < 4.78 is 117. The van der Waals surface area contributed by atoms with Gasteiger partial charge in [0.05, 0.1) is 39.8 Å². The van der Waals surface area contributed by atoms with E-state index in [1.54, 1.807) is 24.3 Å². The van der Waals surface area contributed by atoms with Crippen LogP contribution >= 0.6 is 0 Å². The Morgan fingerprint density at radius 2 is 1.17 bits per heavy atom. The number of rotatable bonds is 0. The summed E-state index contributed by atoms with van der Waals surface area (Å²) in [6.07, 6.45) is 0. The molecule has 1 aromatic rings. The van der Waals surface area contributed by atoms with Gasteiger partial charge in [0.1, 0.15) is 0 Å². The molecule has 0 amide bonds. The standard InChI is InChI=1S/C7H6N2.C4H12N.2CHF3O3S/c8-5-6-1-3-7(9)4-2-6;1-5(2,3)4;2*2-1(3,4)8(5,6)7/h1-4H,9H2;1-4H3;2*(H,5,6,7)/q;+1;;/p-1. The molecule has 0 unspecified atom stereocenters. The molecule has 0 saturated carbocycles. The number of hydrogen-bond acceptors (Lipinski definition) is 7. The number of nitrogen functional groups attached to an aromatic ring is 1. The molecule has 176 valence electrons. The van der Waals surface area contributed by atoms with Gasteiger partial charge >= 0.3 is 21.1 Å². The second kappa shape index (κ2) is 11.9. The van der Waals surface area contributed by atoms with E-state index in [4.69, 9.17) is 36.9 Å². The van der Waals surface area contributed by atoms with E-state index in [0.29, 0.717) is 11.3 Å². The van der Waals surface area contributed by atoms with Gasteiger partial charge in [-0.2, -0.15) is 40.0 Å². The van der Waals surface area contributed by atoms with Crippen molar-refractivity contribution in [2.45, 2.75) is 11.0 Å². The van der Waals surface area contributed by atoms with Crippen molar-refractivity contribution in [2.24, 2.45) is 0 Å². The van der Waals surface area contributed by atoms with Crippen LogP contribution in [0.5, 0.6) is 0 Å². The van der Waals surface area contributed by atoms with Gasteiger partial charge in [-0.1, -0.05) is 0 Å². The predicted molar refractivity (Wildman–Crippen MR) is 92.9 cm³/mol. The fourth-order valence-corrected chi connectivity index (χ4v) is 0.558. The van der Waals surface area contributed by atoms with Crippen molar-refractivity contribution in [3.63, 3.8) is 0 Å². The molecule has 9 nitrogen and oxygen atoms in total. The zero-order valence-corrected chi connectivity index (χ0v) is 17.5. The molecule has 3 N–H and O–H groups in total. The molecule has 0 aliphatic rings. The number of nitriles is 1. The SMILES string of the molecule is C[N+](C)(C)C.N#Cc1ccc(N)cc1.O=S(=O)(O)C(F)(F)F.O=S(=O)([O-])C(F)(F)F. The zero-order chi connectivity index (χ0) is 25.2. The molecule has 0 aromatic heterocycles. The van der Waals surface area contributed by atoms with E-state index in [1.807, 2.05) is 6.07 Å². The molecule has 0 heterocycles. The normalized spacial score (nSPS) is 12.0. The quantitative estimate of drug-likeness (QED) is 0.183. The molecular weight excluding hydrogens is 472 g/mol. The molecule has 17 heteroatoms. The third-order valence-corrected chi connectivity index (χ3v) is 2.77. The van der Waals surface area contributed by atoms with Crippen molar-refractivity contribution < 1.29 is 56.8 Å². The van der Waals surface area contributed by atoms with Gasteiger partial charge in [0, 0.05) is 5.69 Å². The van der Waals surface area contributed by atoms with Crippen LogP contribution in [0.2, 0.25) is 0 Å². The zero-order valence-electron chi connectivity index (χ0n) is 15.9. The Balaban J connectivity index is -0.000000331. The van der Waals surface area contributed by atoms with Gasteiger partial charge in [0.2, 0.25) is 0 Å². The second-order valence-corrected chi connectivity index (χ2v) is 9.02. The molecule has 0 saturated heterocycles. The number of nitrogens with zero attached hydrogens (tertiary/aromatic N) is 2. The lowest BCUT2D eigenvalue weighted by Crippen LogP contribution is -2.27. The molecule has 0 aliphatic carbocycles. The molecule has 30 heavy (non-hydrogen) atoms. The molecule has 0 bridgehead atoms. The summed E-state index contributed by atoms with van der Waals surface area (Å²) in [6, 6.07) is 8.79. The molecule has 0 aliphatic heterocycles. The van der Waals surface area contributed by atoms with Crippen LogP contribution in [0, 0.1) is 11.3 Å². The Hall–Kier alpha value is -2.13. The predicted octanol–water partition coefficient (Wildman–Crippen LogP) is 1.91. The number of nitrogens with two attached hydrogens (primary N) is 1. The third kappa shape index (κ3) is 20.6. The molecular formula is C13H19F6N3O6S2. The maximum Gasteiger partial charge on any atom is 0.522 e. The highest BCUT2D eigenvalue weighted by molar-refractivity contribution is 7.86. The van der Waals surface area contributed by atoms with Crippen molar-refractivity contribution in [2.75, 3.05) is 33.9 Å². The summed E-state index contributed by atoms with van der Waals surface area (Å²) in [6.45, 7) is 0. The Kier molecular flexibility index (Phi) is 12.9. The molecule has 0 spiro atoms. The van der Waals surface area contributed by atoms with E-state index in [0.717, 1.165) is 4.48 Å². The van der Waals surface area contributed by atoms with Crippen molar-refractivity contribution in [3.8, 4) is 6.07 Å². The summed E-state index contributed by atoms with van der Waals surface area (Å²) in [4.78, 5) is 0. The van der Waals surface area contributed by atoms with Gasteiger partial charge in [-0.05, 0) is 24.3 Å². The average molecular weight is 491 g/mol. The molecule has 0 fully saturated rings. The van der Waals surface area contributed by atoms with E-state index in [1.165, 1.54) is 0 Å². The summed E-state index contributed by atoms with van der Waals surface area (Å²) in [5.41, 5.74) is -4.48. The van der Waals surface area contributed by atoms with Gasteiger partial charge in [-0.3, -0.25) is 4.55 Å². The first-order valence-electron chi connectivity index (χ1n) is 6.93. The smallest absolute Gasteiger partial charge is 0.522 e. The molecule has 0 atom stereocenters. The van der Waals surface area contributed by atoms with E-state index in [9.17, 15) is 26.3 Å². The highest BCUT2D eigenvalue weighted by Gasteiger charge is 2.44. The lowest BCUT2D eigenvalue weighted by Gasteiger charge is -2.14. The Morgan fingerprint density at radius 1 is 0.933 bits per heavy atom. The second-order valence-electron chi connectivity index (χ2n) is 6.24. The number of alkyl halides is 6. The lowest BCUT2D eigenvalue weighted by molar-refractivity contribution is -0.849. The first-order valence-corrected chi connectivity index (χ1v) is 9.78. The lowest BCUT2D eigenvalue weighted by atomic mass is 10.2. The number of hydrogen-bond donors (Lipinski definition) is 2. The number of quaternary nitrogens is 1. The first-order chi connectivity index (χ1) is 12.8. The largest absolute Gasteiger partial charge is 0.741 e. The molecule has 1 aromatic carbocycles. The Bertz CT molecular complexity index is 836. The highest BCUT2D eigenvalue weighted by atomic mass is 32.2. The monoisotopic (exact) mass is 491 g/mol. The molecule has 0 radical (unpaired) electrons. The summed E-state index contributed by atoms with van der Waals surface area (Å²) in [5.74, 6) is 0. The highest BCUT2D eigenvalue weighted by Crippen LogP contribution is 2.21. The van der Waals surface area contributed by atoms with Crippen LogP contribution in [-0.2, 0) is 20.2 Å². The maximum absolute atomic E-state index is 10.7. The van der Waals surface area contributed by atoms with E-state index < -0.39 is 31.3 Å². The van der Waals surface area contributed by atoms with E-state index in [-0.39, 0.29) is 0 Å². The first kappa shape index (κ1) is 32.5. The minimum Gasteiger partial charge on any atom is -0.741 e. The van der Waals surface area contributed by atoms with Crippen molar-refractivity contribution in [1.29, 1.82) is 5.26 Å². The van der Waals surface area contributed by atoms with Crippen LogP contribution in [0.1, 0.15) is 5.56 Å². The number of benzene rings is 1. The maximum atomic E-state index is 10.7. The van der Waals surface area contributed by atoms with E-state index >= 15 is 0 Å². The Morgan fingerprint density at radius 3 is 1.30 bits per heavy atom. The average Bonchev–Trinajstić information content (AvgIpc) is 2.43. The van der Waals surface area contributed by atoms with Crippen molar-refractivity contribution in [1.82, 2.24) is 0 Å². The van der Waals surface area contributed by atoms with Gasteiger partial charge in [0.25, 0.3) is 0 Å². The van der Waals surface area contributed by atoms with Crippen LogP contribution in [0.4, 0.5) is 32.0 Å². The number of halogens is 6. The Labute approximate surface area is 169 Å². The van der Waals surface area contributed by atoms with E-state index in [2.05, 4.69) is 28.2 Å². The third-order valence-electron chi connectivity index (χ3n) is 1.62. The fraction of sp³-hybridized carbons (Fsp3) is 0.462. The van der Waals surface area contributed by atoms with Crippen LogP contribution in [0.3, 0.4) is 0 Å². The topological polar surface area (TPSA) is 161 Å². The molecule has 1 rings (SSSR count). The van der Waals surface area contributed by atoms with Gasteiger partial charge in [-0.15, -0.1) is 0 Å². The van der Waals surface area contributed by atoms with Crippen LogP contribution in [0.15, 0.2) is 24.3 Å². The van der Waals surface area contributed by atoms with Crippen molar-refractivity contribution in [3.05, 3.63) is 29.8 Å². The fourth-order valence-electron chi connectivity index (χ4n) is 0.558. The van der Waals surface area contributed by atoms with Gasteiger partial charge < -0.3 is 14.8 Å². The summed E-state index contributed by atoms with van der Waals surface area (Å²) >= 11 is 0. The van der Waals surface area contributed by atoms with Gasteiger partial charge in [0.15, 0.2) is 10.1 Å². The van der Waals surface area contributed by atoms with Crippen molar-refractivity contribution >= 4 is 25.9 Å².